The zero-order chi connectivity index (χ0) is 26.6. The number of amides is 1. The molecule has 0 saturated carbocycles. The topological polar surface area (TPSA) is 172 Å². The Balaban J connectivity index is 2.20. The van der Waals surface area contributed by atoms with Gasteiger partial charge in [-0.05, 0) is 25.8 Å². The van der Waals surface area contributed by atoms with E-state index < -0.39 is 33.8 Å². The third-order valence-corrected chi connectivity index (χ3v) is 6.84. The summed E-state index contributed by atoms with van der Waals surface area (Å²) in [4.78, 5) is 48.3. The first-order chi connectivity index (χ1) is 17.0. The van der Waals surface area contributed by atoms with E-state index >= 15 is 0 Å². The number of sulfonamides is 1. The molecule has 2 heterocycles. The lowest BCUT2D eigenvalue weighted by Crippen LogP contribution is -2.46. The summed E-state index contributed by atoms with van der Waals surface area (Å²) in [5, 5.41) is 0. The number of esters is 1. The van der Waals surface area contributed by atoms with Gasteiger partial charge in [0, 0.05) is 7.05 Å². The molecule has 3 aromatic rings. The van der Waals surface area contributed by atoms with E-state index in [9.17, 15) is 22.8 Å². The normalized spacial score (nSPS) is 12.3. The Morgan fingerprint density at radius 1 is 1.19 bits per heavy atom. The number of hydrogen-bond acceptors (Lipinski definition) is 9. The Labute approximate surface area is 207 Å². The number of nitrogens with zero attached hydrogens (tertiary/aromatic N) is 5. The van der Waals surface area contributed by atoms with Crippen molar-refractivity contribution in [2.75, 3.05) is 29.9 Å². The first kappa shape index (κ1) is 26.7. The molecule has 3 N–H and O–H groups in total. The van der Waals surface area contributed by atoms with E-state index in [4.69, 9.17) is 10.5 Å². The molecule has 1 atom stereocenters. The predicted molar refractivity (Wildman–Crippen MR) is 134 cm³/mol. The summed E-state index contributed by atoms with van der Waals surface area (Å²) < 4.78 is 33.8. The molecule has 0 fully saturated rings. The zero-order valence-electron chi connectivity index (χ0n) is 20.5. The maximum atomic E-state index is 13.5. The summed E-state index contributed by atoms with van der Waals surface area (Å²) in [6.45, 7) is 4.95. The number of imidazole rings is 1. The number of nitrogens with one attached hydrogen (secondary N) is 1. The molecule has 0 aliphatic carbocycles. The van der Waals surface area contributed by atoms with E-state index in [0.29, 0.717) is 6.42 Å². The minimum atomic E-state index is -3.75. The van der Waals surface area contributed by atoms with E-state index in [1.165, 1.54) is 18.5 Å². The number of aromatic nitrogens is 4. The molecule has 0 saturated heterocycles. The largest absolute Gasteiger partial charge is 0.464 e. The number of nitrogen functional groups attached to an aromatic ring is 1. The van der Waals surface area contributed by atoms with Crippen molar-refractivity contribution >= 4 is 45.0 Å². The molecular formula is C22H29N7O6S. The molecule has 14 heteroatoms. The average molecular weight is 520 g/mol. The molecule has 1 aromatic carbocycles. The summed E-state index contributed by atoms with van der Waals surface area (Å²) in [5.74, 6) is -1.43. The lowest BCUT2D eigenvalue weighted by atomic mass is 10.2. The SMILES string of the molecule is CCCS(=O)(=O)Nc1nc(N)c2c(n1)n(Cc1ccccc1)c(=O)n2C(=O)N(C)C(C)C(=O)OCC. The Hall–Kier alpha value is -3.94. The maximum absolute atomic E-state index is 13.5. The van der Waals surface area contributed by atoms with Crippen LogP contribution in [0.25, 0.3) is 11.2 Å². The molecule has 36 heavy (non-hydrogen) atoms. The minimum Gasteiger partial charge on any atom is -0.464 e. The first-order valence-corrected chi connectivity index (χ1v) is 12.9. The summed E-state index contributed by atoms with van der Waals surface area (Å²) in [7, 11) is -2.40. The van der Waals surface area contributed by atoms with Gasteiger partial charge < -0.3 is 15.4 Å². The fourth-order valence-electron chi connectivity index (χ4n) is 3.50. The number of carbonyl (C=O) groups excluding carboxylic acids is 2. The van der Waals surface area contributed by atoms with Crippen LogP contribution in [0.2, 0.25) is 0 Å². The number of nitrogens with two attached hydrogens (primary N) is 1. The van der Waals surface area contributed by atoms with Crippen molar-refractivity contribution < 1.29 is 22.7 Å². The van der Waals surface area contributed by atoms with Crippen LogP contribution in [0.5, 0.6) is 0 Å². The number of hydrogen-bond donors (Lipinski definition) is 2. The Morgan fingerprint density at radius 3 is 2.47 bits per heavy atom. The molecule has 13 nitrogen and oxygen atoms in total. The number of rotatable bonds is 9. The predicted octanol–water partition coefficient (Wildman–Crippen LogP) is 1.23. The molecule has 0 bridgehead atoms. The number of likely N-dealkylation sites (N-methyl/N-ethyl adjacent to an activating group) is 1. The van der Waals surface area contributed by atoms with Crippen LogP contribution in [0, 0.1) is 0 Å². The molecule has 2 aromatic heterocycles. The van der Waals surface area contributed by atoms with Gasteiger partial charge in [-0.25, -0.2) is 27.4 Å². The van der Waals surface area contributed by atoms with E-state index in [-0.39, 0.29) is 41.8 Å². The molecule has 194 valence electrons. The van der Waals surface area contributed by atoms with Gasteiger partial charge in [-0.2, -0.15) is 9.97 Å². The van der Waals surface area contributed by atoms with Crippen LogP contribution in [0.1, 0.15) is 32.8 Å². The molecule has 1 amide bonds. The number of ether oxygens (including phenoxy) is 1. The van der Waals surface area contributed by atoms with Crippen molar-refractivity contribution in [2.45, 2.75) is 39.8 Å². The lowest BCUT2D eigenvalue weighted by Gasteiger charge is -2.23. The van der Waals surface area contributed by atoms with Gasteiger partial charge in [-0.15, -0.1) is 0 Å². The highest BCUT2D eigenvalue weighted by Gasteiger charge is 2.30. The van der Waals surface area contributed by atoms with Gasteiger partial charge in [0.05, 0.1) is 18.9 Å². The molecule has 0 radical (unpaired) electrons. The average Bonchev–Trinajstić information content (AvgIpc) is 3.09. The van der Waals surface area contributed by atoms with Gasteiger partial charge in [0.25, 0.3) is 0 Å². The van der Waals surface area contributed by atoms with Crippen molar-refractivity contribution in [1.29, 1.82) is 0 Å². The summed E-state index contributed by atoms with van der Waals surface area (Å²) in [5.41, 5.74) is 5.92. The van der Waals surface area contributed by atoms with E-state index in [2.05, 4.69) is 14.7 Å². The van der Waals surface area contributed by atoms with E-state index in [1.54, 1.807) is 38.1 Å². The first-order valence-electron chi connectivity index (χ1n) is 11.3. The second kappa shape index (κ2) is 10.8. The summed E-state index contributed by atoms with van der Waals surface area (Å²) in [6.07, 6.45) is 0.363. The van der Waals surface area contributed by atoms with Crippen molar-refractivity contribution in [3.8, 4) is 0 Å². The second-order valence-corrected chi connectivity index (χ2v) is 9.88. The molecular weight excluding hydrogens is 490 g/mol. The number of benzene rings is 1. The van der Waals surface area contributed by atoms with Crippen molar-refractivity contribution in [1.82, 2.24) is 24.0 Å². The number of carbonyl (C=O) groups is 2. The molecule has 1 unspecified atom stereocenters. The molecule has 0 aliphatic heterocycles. The Bertz CT molecular complexity index is 1430. The number of anilines is 2. The number of fused-ring (bicyclic) bond motifs is 1. The van der Waals surface area contributed by atoms with Crippen LogP contribution >= 0.6 is 0 Å². The van der Waals surface area contributed by atoms with Crippen LogP contribution in [0.3, 0.4) is 0 Å². The minimum absolute atomic E-state index is 0.0190. The Kier molecular flexibility index (Phi) is 7.97. The molecule has 0 aliphatic rings. The Morgan fingerprint density at radius 2 is 1.86 bits per heavy atom. The van der Waals surface area contributed by atoms with Crippen molar-refractivity contribution in [3.05, 3.63) is 46.4 Å². The lowest BCUT2D eigenvalue weighted by molar-refractivity contribution is -0.147. The van der Waals surface area contributed by atoms with Crippen LogP contribution < -0.4 is 16.1 Å². The fourth-order valence-corrected chi connectivity index (χ4v) is 4.51. The third-order valence-electron chi connectivity index (χ3n) is 5.40. The quantitative estimate of drug-likeness (QED) is 0.394. The highest BCUT2D eigenvalue weighted by molar-refractivity contribution is 7.92. The van der Waals surface area contributed by atoms with Crippen LogP contribution in [-0.4, -0.2) is 69.9 Å². The fraction of sp³-hybridized carbons (Fsp3) is 0.409. The zero-order valence-corrected chi connectivity index (χ0v) is 21.3. The molecule has 0 spiro atoms. The monoisotopic (exact) mass is 519 g/mol. The summed E-state index contributed by atoms with van der Waals surface area (Å²) in [6, 6.07) is 7.08. The smallest absolute Gasteiger partial charge is 0.339 e. The van der Waals surface area contributed by atoms with Crippen LogP contribution in [-0.2, 0) is 26.1 Å². The van der Waals surface area contributed by atoms with Gasteiger partial charge in [0.1, 0.15) is 11.6 Å². The van der Waals surface area contributed by atoms with Gasteiger partial charge in [0.2, 0.25) is 16.0 Å². The van der Waals surface area contributed by atoms with Crippen LogP contribution in [0.15, 0.2) is 35.1 Å². The maximum Gasteiger partial charge on any atom is 0.339 e. The van der Waals surface area contributed by atoms with E-state index in [0.717, 1.165) is 15.0 Å². The van der Waals surface area contributed by atoms with Gasteiger partial charge in [0.15, 0.2) is 11.5 Å². The van der Waals surface area contributed by atoms with Gasteiger partial charge >= 0.3 is 17.7 Å². The summed E-state index contributed by atoms with van der Waals surface area (Å²) >= 11 is 0. The highest BCUT2D eigenvalue weighted by Crippen LogP contribution is 2.22. The van der Waals surface area contributed by atoms with E-state index in [1.807, 2.05) is 6.07 Å². The van der Waals surface area contributed by atoms with Gasteiger partial charge in [-0.3, -0.25) is 9.29 Å². The molecule has 3 rings (SSSR count). The second-order valence-electron chi connectivity index (χ2n) is 8.04. The standard InChI is InChI=1S/C22H29N7O6S/c1-5-12-36(33,34)26-20-24-17(23)16-18(25-20)28(13-15-10-8-7-9-11-15)22(32)29(16)21(31)27(4)14(3)19(30)35-6-2/h7-11,14H,5-6,12-13H2,1-4H3,(H3,23,24,25,26). The third kappa shape index (κ3) is 5.48. The van der Waals surface area contributed by atoms with Crippen molar-refractivity contribution in [3.63, 3.8) is 0 Å². The highest BCUT2D eigenvalue weighted by atomic mass is 32.2. The van der Waals surface area contributed by atoms with Crippen LogP contribution in [0.4, 0.5) is 16.6 Å². The van der Waals surface area contributed by atoms with Crippen molar-refractivity contribution in [2.24, 2.45) is 0 Å². The van der Waals surface area contributed by atoms with Gasteiger partial charge in [-0.1, -0.05) is 37.3 Å².